The third-order valence-electron chi connectivity index (χ3n) is 5.50. The number of hydrogen-bond donors (Lipinski definition) is 1. The fraction of sp³-hybridized carbons (Fsp3) is 0.880. The van der Waals surface area contributed by atoms with Gasteiger partial charge in [0.15, 0.2) is 0 Å². The van der Waals surface area contributed by atoms with E-state index in [1.807, 2.05) is 0 Å². The van der Waals surface area contributed by atoms with E-state index in [0.717, 1.165) is 19.3 Å². The Bertz CT molecular complexity index is 550. The average molecular weight is 498 g/mol. The van der Waals surface area contributed by atoms with E-state index in [9.17, 15) is 13.5 Å². The van der Waals surface area contributed by atoms with Crippen LogP contribution in [0.3, 0.4) is 0 Å². The van der Waals surface area contributed by atoms with Crippen LogP contribution in [0.25, 0.3) is 0 Å². The van der Waals surface area contributed by atoms with Gasteiger partial charge in [0.2, 0.25) is 0 Å². The molecule has 0 unspecified atom stereocenters. The van der Waals surface area contributed by atoms with Gasteiger partial charge < -0.3 is 10.1 Å². The van der Waals surface area contributed by atoms with Gasteiger partial charge in [-0.05, 0) is 50.8 Å². The summed E-state index contributed by atoms with van der Waals surface area (Å²) in [5.41, 5.74) is 0. The molecule has 5 nitrogen and oxygen atoms in total. The molecule has 0 spiro atoms. The van der Waals surface area contributed by atoms with Gasteiger partial charge in [0.25, 0.3) is 10.1 Å². The molecule has 0 aliphatic rings. The molecule has 1 N–H and O–H groups in total. The monoisotopic (exact) mass is 497 g/mol. The van der Waals surface area contributed by atoms with Crippen LogP contribution >= 0.6 is 0 Å². The Labute approximate surface area is 241 Å². The van der Waals surface area contributed by atoms with E-state index in [1.165, 1.54) is 89.9 Å². The van der Waals surface area contributed by atoms with Crippen molar-refractivity contribution in [3.05, 3.63) is 12.2 Å². The standard InChI is InChI=1S/C25H49NO4S.K/c1-2-3-4-5-6-7-8-9-10-11-12-13-14-15-16-17-18-19-20-22-25(27)26-23-21-24-31(28,29)30;/h9-10H,2-8,11-24H2,1H3,(H,26,27)(H,28,29,30);/q;+1/p-1/b10-9-;. The van der Waals surface area contributed by atoms with Gasteiger partial charge >= 0.3 is 51.4 Å². The van der Waals surface area contributed by atoms with Gasteiger partial charge in [0.1, 0.15) is 0 Å². The minimum atomic E-state index is -3.94. The second-order valence-corrected chi connectivity index (χ2v) is 10.2. The zero-order valence-electron chi connectivity index (χ0n) is 21.0. The Morgan fingerprint density at radius 3 is 1.66 bits per heavy atom. The van der Waals surface area contributed by atoms with Crippen molar-refractivity contribution in [1.82, 2.24) is 0 Å². The molecule has 0 aliphatic carbocycles. The summed E-state index contributed by atoms with van der Waals surface area (Å²) < 4.78 is 29.7. The number of unbranched alkanes of at least 4 members (excludes halogenated alkanes) is 15. The predicted octanol–water partition coefficient (Wildman–Crippen LogP) is 3.63. The second kappa shape index (κ2) is 26.4. The van der Waals surface area contributed by atoms with E-state index in [1.54, 1.807) is 0 Å². The van der Waals surface area contributed by atoms with Gasteiger partial charge in [-0.15, -0.1) is 0 Å². The van der Waals surface area contributed by atoms with E-state index >= 15 is 0 Å². The SMILES string of the molecule is CCCCCCCC/C=C\CCCCCCCCCCCC([O-])=NCCCS(=O)(=O)O.[K+]. The summed E-state index contributed by atoms with van der Waals surface area (Å²) in [4.78, 5) is 3.82. The minimum Gasteiger partial charge on any atom is -0.862 e. The van der Waals surface area contributed by atoms with Crippen molar-refractivity contribution in [2.24, 2.45) is 4.99 Å². The van der Waals surface area contributed by atoms with Crippen molar-refractivity contribution < 1.29 is 69.5 Å². The molecule has 0 atom stereocenters. The number of rotatable bonds is 23. The van der Waals surface area contributed by atoms with Crippen LogP contribution in [0.2, 0.25) is 0 Å². The summed E-state index contributed by atoms with van der Waals surface area (Å²) in [5, 5.41) is 11.6. The fourth-order valence-electron chi connectivity index (χ4n) is 3.58. The van der Waals surface area contributed by atoms with Crippen LogP contribution in [0.1, 0.15) is 129 Å². The second-order valence-electron chi connectivity index (χ2n) is 8.66. The Balaban J connectivity index is 0. The van der Waals surface area contributed by atoms with Gasteiger partial charge in [-0.1, -0.05) is 96.1 Å². The maximum Gasteiger partial charge on any atom is 1.00 e. The molecule has 0 radical (unpaired) electrons. The van der Waals surface area contributed by atoms with Crippen molar-refractivity contribution in [3.8, 4) is 0 Å². The number of hydrogen-bond acceptors (Lipinski definition) is 4. The van der Waals surface area contributed by atoms with E-state index in [0.29, 0.717) is 6.42 Å². The molecule has 0 fully saturated rings. The molecule has 0 aliphatic heterocycles. The van der Waals surface area contributed by atoms with Crippen LogP contribution in [0.4, 0.5) is 0 Å². The Morgan fingerprint density at radius 2 is 1.19 bits per heavy atom. The predicted molar refractivity (Wildman–Crippen MR) is 131 cm³/mol. The zero-order valence-corrected chi connectivity index (χ0v) is 25.0. The van der Waals surface area contributed by atoms with E-state index in [2.05, 4.69) is 24.1 Å². The number of nitrogens with zero attached hydrogens (tertiary/aromatic N) is 1. The summed E-state index contributed by atoms with van der Waals surface area (Å²) in [6.07, 6.45) is 27.0. The molecule has 184 valence electrons. The summed E-state index contributed by atoms with van der Waals surface area (Å²) in [7, 11) is -3.94. The summed E-state index contributed by atoms with van der Waals surface area (Å²) in [5.74, 6) is -0.490. The molecule has 0 saturated carbocycles. The third kappa shape index (κ3) is 30.8. The quantitative estimate of drug-likeness (QED) is 0.0583. The molecule has 32 heavy (non-hydrogen) atoms. The van der Waals surface area contributed by atoms with Crippen molar-refractivity contribution in [1.29, 1.82) is 0 Å². The first kappa shape index (κ1) is 34.9. The summed E-state index contributed by atoms with van der Waals surface area (Å²) in [6.45, 7) is 2.44. The van der Waals surface area contributed by atoms with Crippen LogP contribution in [-0.2, 0) is 10.1 Å². The first-order chi connectivity index (χ1) is 15.0. The molecule has 7 heteroatoms. The van der Waals surface area contributed by atoms with Crippen LogP contribution in [0.15, 0.2) is 17.1 Å². The van der Waals surface area contributed by atoms with Gasteiger partial charge in [-0.3, -0.25) is 4.55 Å². The first-order valence-corrected chi connectivity index (χ1v) is 14.4. The topological polar surface area (TPSA) is 89.8 Å². The number of aliphatic imine (C=N–C) groups is 1. The molecule has 0 heterocycles. The van der Waals surface area contributed by atoms with E-state index < -0.39 is 10.1 Å². The molecular formula is C25H48KNO4S. The zero-order chi connectivity index (χ0) is 23.0. The normalized spacial score (nSPS) is 12.4. The minimum absolute atomic E-state index is 0. The smallest absolute Gasteiger partial charge is 0.862 e. The Morgan fingerprint density at radius 1 is 0.750 bits per heavy atom. The molecule has 0 amide bonds. The van der Waals surface area contributed by atoms with E-state index in [-0.39, 0.29) is 76.0 Å². The Hall–Kier alpha value is 0.756. The molecule has 0 saturated heterocycles. The van der Waals surface area contributed by atoms with Gasteiger partial charge in [-0.25, -0.2) is 0 Å². The first-order valence-electron chi connectivity index (χ1n) is 12.8. The maximum atomic E-state index is 11.6. The van der Waals surface area contributed by atoms with Crippen LogP contribution in [-0.4, -0.2) is 31.2 Å². The largest absolute Gasteiger partial charge is 1.00 e. The van der Waals surface area contributed by atoms with E-state index in [4.69, 9.17) is 4.55 Å². The Kier molecular flexibility index (Phi) is 28.8. The maximum absolute atomic E-state index is 11.6. The fourth-order valence-corrected chi connectivity index (χ4v) is 4.08. The molecular weight excluding hydrogens is 449 g/mol. The van der Waals surface area contributed by atoms with Crippen molar-refractivity contribution in [3.63, 3.8) is 0 Å². The molecule has 0 aromatic carbocycles. The number of allylic oxidation sites excluding steroid dienone is 2. The van der Waals surface area contributed by atoms with Gasteiger partial charge in [0.05, 0.1) is 5.75 Å². The van der Waals surface area contributed by atoms with Crippen molar-refractivity contribution >= 4 is 16.0 Å². The van der Waals surface area contributed by atoms with Crippen LogP contribution in [0, 0.1) is 0 Å². The van der Waals surface area contributed by atoms with Crippen molar-refractivity contribution in [2.75, 3.05) is 12.3 Å². The third-order valence-corrected chi connectivity index (χ3v) is 6.31. The van der Waals surface area contributed by atoms with Gasteiger partial charge in [0, 0.05) is 6.54 Å². The molecule has 0 aromatic heterocycles. The van der Waals surface area contributed by atoms with Crippen LogP contribution < -0.4 is 56.5 Å². The average Bonchev–Trinajstić information content (AvgIpc) is 2.72. The molecule has 0 aromatic rings. The summed E-state index contributed by atoms with van der Waals surface area (Å²) in [6, 6.07) is 0. The summed E-state index contributed by atoms with van der Waals surface area (Å²) >= 11 is 0. The van der Waals surface area contributed by atoms with Crippen molar-refractivity contribution in [2.45, 2.75) is 129 Å². The molecule has 0 bridgehead atoms. The molecule has 0 rings (SSSR count). The van der Waals surface area contributed by atoms with Gasteiger partial charge in [-0.2, -0.15) is 8.42 Å². The van der Waals surface area contributed by atoms with Crippen LogP contribution in [0.5, 0.6) is 0 Å².